The Kier molecular flexibility index (Phi) is 5.30. The zero-order valence-electron chi connectivity index (χ0n) is 15.1. The topological polar surface area (TPSA) is 18.5 Å². The van der Waals surface area contributed by atoms with Crippen molar-refractivity contribution < 1.29 is 0 Å². The molecule has 2 heterocycles. The third-order valence-corrected chi connectivity index (χ3v) is 6.45. The Labute approximate surface area is 165 Å². The standard InChI is InChI=1S/C21H25Cl2N3/c1-15-17(18-13-19(22)20(23)14-21(18)24-15)7-8-25-9-11-26(12-10-25)16-5-3-2-4-6-16/h2-6,13-15,17,24H,7-12H2,1H3/t15-,17+/m0/s1. The second kappa shape index (κ2) is 7.67. The molecule has 0 saturated carbocycles. The zero-order valence-corrected chi connectivity index (χ0v) is 16.6. The van der Waals surface area contributed by atoms with Crippen molar-refractivity contribution in [2.45, 2.75) is 25.3 Å². The molecular weight excluding hydrogens is 365 g/mol. The van der Waals surface area contributed by atoms with Gasteiger partial charge in [0.1, 0.15) is 0 Å². The van der Waals surface area contributed by atoms with Gasteiger partial charge in [0, 0.05) is 49.5 Å². The fourth-order valence-electron chi connectivity index (χ4n) is 4.20. The first kappa shape index (κ1) is 18.0. The SMILES string of the molecule is C[C@@H]1Nc2cc(Cl)c(Cl)cc2[C@@H]1CCN1CCN(c2ccccc2)CC1. The molecule has 2 aliphatic heterocycles. The second-order valence-corrected chi connectivity index (χ2v) is 8.16. The average Bonchev–Trinajstić information content (AvgIpc) is 2.96. The molecule has 0 unspecified atom stereocenters. The van der Waals surface area contributed by atoms with Gasteiger partial charge in [-0.25, -0.2) is 0 Å². The van der Waals surface area contributed by atoms with Crippen LogP contribution < -0.4 is 10.2 Å². The summed E-state index contributed by atoms with van der Waals surface area (Å²) in [6, 6.07) is 15.2. The van der Waals surface area contributed by atoms with Crippen molar-refractivity contribution in [1.82, 2.24) is 4.90 Å². The maximum Gasteiger partial charge on any atom is 0.0613 e. The number of hydrogen-bond donors (Lipinski definition) is 1. The largest absolute Gasteiger partial charge is 0.382 e. The number of hydrogen-bond acceptors (Lipinski definition) is 3. The van der Waals surface area contributed by atoms with Gasteiger partial charge in [-0.3, -0.25) is 4.90 Å². The minimum atomic E-state index is 0.421. The molecule has 4 rings (SSSR count). The number of benzene rings is 2. The van der Waals surface area contributed by atoms with Gasteiger partial charge in [0.25, 0.3) is 0 Å². The minimum Gasteiger partial charge on any atom is -0.382 e. The Morgan fingerprint density at radius 2 is 1.69 bits per heavy atom. The van der Waals surface area contributed by atoms with Gasteiger partial charge in [-0.1, -0.05) is 41.4 Å². The van der Waals surface area contributed by atoms with Crippen LogP contribution >= 0.6 is 23.2 Å². The predicted molar refractivity (Wildman–Crippen MR) is 112 cm³/mol. The van der Waals surface area contributed by atoms with Crippen LogP contribution in [0.2, 0.25) is 10.0 Å². The molecule has 0 aromatic heterocycles. The van der Waals surface area contributed by atoms with Crippen molar-refractivity contribution >= 4 is 34.6 Å². The average molecular weight is 390 g/mol. The van der Waals surface area contributed by atoms with E-state index in [2.05, 4.69) is 52.4 Å². The lowest BCUT2D eigenvalue weighted by atomic mass is 9.92. The Hall–Kier alpha value is -1.42. The van der Waals surface area contributed by atoms with Crippen molar-refractivity contribution in [1.29, 1.82) is 0 Å². The van der Waals surface area contributed by atoms with Gasteiger partial charge < -0.3 is 10.2 Å². The second-order valence-electron chi connectivity index (χ2n) is 7.35. The highest BCUT2D eigenvalue weighted by Gasteiger charge is 2.30. The number of para-hydroxylation sites is 1. The van der Waals surface area contributed by atoms with Crippen molar-refractivity contribution in [3.05, 3.63) is 58.1 Å². The summed E-state index contributed by atoms with van der Waals surface area (Å²) in [6.45, 7) is 7.81. The number of piperazine rings is 1. The van der Waals surface area contributed by atoms with Gasteiger partial charge in [0.15, 0.2) is 0 Å². The van der Waals surface area contributed by atoms with Crippen LogP contribution in [0.4, 0.5) is 11.4 Å². The van der Waals surface area contributed by atoms with Gasteiger partial charge >= 0.3 is 0 Å². The molecule has 1 saturated heterocycles. The van der Waals surface area contributed by atoms with E-state index in [9.17, 15) is 0 Å². The molecule has 0 amide bonds. The molecule has 0 bridgehead atoms. The normalized spacial score (nSPS) is 23.0. The maximum atomic E-state index is 6.25. The molecular formula is C21H25Cl2N3. The van der Waals surface area contributed by atoms with Gasteiger partial charge in [0.2, 0.25) is 0 Å². The summed E-state index contributed by atoms with van der Waals surface area (Å²) in [7, 11) is 0. The van der Waals surface area contributed by atoms with E-state index in [1.54, 1.807) is 0 Å². The number of fused-ring (bicyclic) bond motifs is 1. The smallest absolute Gasteiger partial charge is 0.0613 e. The first-order valence-corrected chi connectivity index (χ1v) is 10.2. The summed E-state index contributed by atoms with van der Waals surface area (Å²) in [4.78, 5) is 5.06. The number of nitrogens with one attached hydrogen (secondary N) is 1. The molecule has 0 aliphatic carbocycles. The monoisotopic (exact) mass is 389 g/mol. The van der Waals surface area contributed by atoms with Crippen LogP contribution in [-0.2, 0) is 0 Å². The van der Waals surface area contributed by atoms with E-state index in [0.717, 1.165) is 44.8 Å². The summed E-state index contributed by atoms with van der Waals surface area (Å²) in [5.74, 6) is 0.493. The lowest BCUT2D eigenvalue weighted by molar-refractivity contribution is 0.247. The molecule has 2 atom stereocenters. The van der Waals surface area contributed by atoms with E-state index in [1.807, 2.05) is 12.1 Å². The molecule has 2 aromatic rings. The van der Waals surface area contributed by atoms with Crippen molar-refractivity contribution in [2.24, 2.45) is 0 Å². The quantitative estimate of drug-likeness (QED) is 0.783. The molecule has 26 heavy (non-hydrogen) atoms. The fraction of sp³-hybridized carbons (Fsp3) is 0.429. The number of anilines is 2. The van der Waals surface area contributed by atoms with Crippen molar-refractivity contribution in [3.8, 4) is 0 Å². The highest BCUT2D eigenvalue weighted by Crippen LogP contribution is 2.42. The molecule has 1 fully saturated rings. The third-order valence-electron chi connectivity index (χ3n) is 5.73. The minimum absolute atomic E-state index is 0.421. The van der Waals surface area contributed by atoms with E-state index >= 15 is 0 Å². The first-order valence-electron chi connectivity index (χ1n) is 9.39. The van der Waals surface area contributed by atoms with Gasteiger partial charge in [0.05, 0.1) is 10.0 Å². The third kappa shape index (κ3) is 3.66. The Balaban J connectivity index is 1.34. The van der Waals surface area contributed by atoms with Crippen molar-refractivity contribution in [2.75, 3.05) is 42.9 Å². The summed E-state index contributed by atoms with van der Waals surface area (Å²) >= 11 is 12.4. The van der Waals surface area contributed by atoms with Gasteiger partial charge in [-0.15, -0.1) is 0 Å². The van der Waals surface area contributed by atoms with Gasteiger partial charge in [-0.05, 0) is 49.7 Å². The van der Waals surface area contributed by atoms with E-state index < -0.39 is 0 Å². The highest BCUT2D eigenvalue weighted by atomic mass is 35.5. The molecule has 0 radical (unpaired) electrons. The molecule has 2 aliphatic rings. The van der Waals surface area contributed by atoms with Crippen LogP contribution in [-0.4, -0.2) is 43.7 Å². The van der Waals surface area contributed by atoms with Gasteiger partial charge in [-0.2, -0.15) is 0 Å². The van der Waals surface area contributed by atoms with Crippen LogP contribution in [0, 0.1) is 0 Å². The number of rotatable bonds is 4. The van der Waals surface area contributed by atoms with E-state index in [4.69, 9.17) is 23.2 Å². The maximum absolute atomic E-state index is 6.25. The summed E-state index contributed by atoms with van der Waals surface area (Å²) in [5, 5.41) is 4.84. The molecule has 138 valence electrons. The number of nitrogens with zero attached hydrogens (tertiary/aromatic N) is 2. The van der Waals surface area contributed by atoms with Crippen LogP contribution in [0.15, 0.2) is 42.5 Å². The van der Waals surface area contributed by atoms with E-state index in [0.29, 0.717) is 22.0 Å². The van der Waals surface area contributed by atoms with Crippen LogP contribution in [0.1, 0.15) is 24.8 Å². The Morgan fingerprint density at radius 3 is 2.42 bits per heavy atom. The summed E-state index contributed by atoms with van der Waals surface area (Å²) < 4.78 is 0. The van der Waals surface area contributed by atoms with Crippen LogP contribution in [0.3, 0.4) is 0 Å². The molecule has 3 nitrogen and oxygen atoms in total. The van der Waals surface area contributed by atoms with E-state index in [-0.39, 0.29) is 0 Å². The van der Waals surface area contributed by atoms with E-state index in [1.165, 1.54) is 11.3 Å². The lowest BCUT2D eigenvalue weighted by Crippen LogP contribution is -2.47. The lowest BCUT2D eigenvalue weighted by Gasteiger charge is -2.36. The Bertz CT molecular complexity index is 757. The molecule has 0 spiro atoms. The predicted octanol–water partition coefficient (Wildman–Crippen LogP) is 5.10. The number of halogens is 2. The zero-order chi connectivity index (χ0) is 18.1. The molecule has 1 N–H and O–H groups in total. The fourth-order valence-corrected chi connectivity index (χ4v) is 4.54. The molecule has 2 aromatic carbocycles. The highest BCUT2D eigenvalue weighted by molar-refractivity contribution is 6.42. The van der Waals surface area contributed by atoms with Crippen LogP contribution in [0.25, 0.3) is 0 Å². The first-order chi connectivity index (χ1) is 12.6. The van der Waals surface area contributed by atoms with Crippen molar-refractivity contribution in [3.63, 3.8) is 0 Å². The Morgan fingerprint density at radius 1 is 1.00 bits per heavy atom. The van der Waals surface area contributed by atoms with Crippen LogP contribution in [0.5, 0.6) is 0 Å². The summed E-state index contributed by atoms with van der Waals surface area (Å²) in [5.41, 5.74) is 3.79. The molecule has 5 heteroatoms. The summed E-state index contributed by atoms with van der Waals surface area (Å²) in [6.07, 6.45) is 1.14.